The lowest BCUT2D eigenvalue weighted by molar-refractivity contribution is 0.104. The largest absolute Gasteiger partial charge is 0.399 e. The predicted octanol–water partition coefficient (Wildman–Crippen LogP) is 2.78. The number of rotatable bonds is 2. The average molecular weight is 318 g/mol. The van der Waals surface area contributed by atoms with E-state index in [-0.39, 0.29) is 11.8 Å². The number of fused-ring (bicyclic) bond motifs is 2. The smallest absolute Gasteiger partial charge is 0.194 e. The molecule has 1 atom stereocenters. The molecule has 0 saturated carbocycles. The van der Waals surface area contributed by atoms with Crippen molar-refractivity contribution in [1.29, 1.82) is 0 Å². The van der Waals surface area contributed by atoms with Crippen LogP contribution in [0.25, 0.3) is 0 Å². The lowest BCUT2D eigenvalue weighted by Gasteiger charge is -2.23. The zero-order valence-electron chi connectivity index (χ0n) is 13.4. The summed E-state index contributed by atoms with van der Waals surface area (Å²) in [5.74, 6) is 0.901. The molecule has 5 nitrogen and oxygen atoms in total. The minimum atomic E-state index is -0.0235. The Balaban J connectivity index is 1.81. The summed E-state index contributed by atoms with van der Waals surface area (Å²) in [7, 11) is 0. The number of carbonyl (C=O) groups is 1. The Morgan fingerprint density at radius 2 is 2.08 bits per heavy atom. The van der Waals surface area contributed by atoms with Crippen LogP contribution in [0.5, 0.6) is 0 Å². The van der Waals surface area contributed by atoms with Gasteiger partial charge < -0.3 is 11.1 Å². The standard InChI is InChI=1S/C19H18N4O/c1-11-22-17-7-6-14-15(18(17)23-11)8-9-21-10-16(14)19(24)12-2-4-13(20)5-3-12/h2-5,8-10,17H,6-7,20H2,1H3,(H,22,23)/t17-/m1/s1. The van der Waals surface area contributed by atoms with Crippen molar-refractivity contribution in [2.24, 2.45) is 9.98 Å². The molecule has 0 spiro atoms. The fourth-order valence-corrected chi connectivity index (χ4v) is 3.41. The second-order valence-corrected chi connectivity index (χ2v) is 6.16. The Morgan fingerprint density at radius 1 is 1.29 bits per heavy atom. The number of ketones is 1. The molecule has 0 bridgehead atoms. The van der Waals surface area contributed by atoms with Crippen molar-refractivity contribution >= 4 is 23.5 Å². The number of aliphatic imine (C=N–C) groups is 2. The highest BCUT2D eigenvalue weighted by molar-refractivity contribution is 6.22. The minimum absolute atomic E-state index is 0.0235. The van der Waals surface area contributed by atoms with E-state index in [2.05, 4.69) is 15.3 Å². The van der Waals surface area contributed by atoms with E-state index in [1.54, 1.807) is 36.7 Å². The van der Waals surface area contributed by atoms with Crippen LogP contribution in [0.15, 0.2) is 68.9 Å². The van der Waals surface area contributed by atoms with Gasteiger partial charge in [-0.25, -0.2) is 0 Å². The molecule has 0 saturated heterocycles. The molecule has 2 aliphatic heterocycles. The summed E-state index contributed by atoms with van der Waals surface area (Å²) in [6.45, 7) is 1.96. The van der Waals surface area contributed by atoms with E-state index in [1.165, 1.54) is 0 Å². The van der Waals surface area contributed by atoms with Gasteiger partial charge in [-0.2, -0.15) is 0 Å². The number of hydrogen-bond donors (Lipinski definition) is 2. The molecule has 0 radical (unpaired) electrons. The maximum atomic E-state index is 13.0. The van der Waals surface area contributed by atoms with Crippen molar-refractivity contribution in [2.75, 3.05) is 5.73 Å². The molecule has 3 aliphatic rings. The van der Waals surface area contributed by atoms with Gasteiger partial charge >= 0.3 is 0 Å². The van der Waals surface area contributed by atoms with Crippen molar-refractivity contribution in [3.8, 4) is 0 Å². The van der Waals surface area contributed by atoms with Crippen LogP contribution in [-0.2, 0) is 0 Å². The Bertz CT molecular complexity index is 869. The monoisotopic (exact) mass is 318 g/mol. The second kappa shape index (κ2) is 5.60. The van der Waals surface area contributed by atoms with Gasteiger partial charge in [0.2, 0.25) is 0 Å². The van der Waals surface area contributed by atoms with Crippen LogP contribution < -0.4 is 11.1 Å². The number of benzene rings is 1. The van der Waals surface area contributed by atoms with Gasteiger partial charge in [-0.3, -0.25) is 14.8 Å². The van der Waals surface area contributed by atoms with Crippen molar-refractivity contribution in [2.45, 2.75) is 25.8 Å². The number of nitrogen functional groups attached to an aromatic ring is 1. The average Bonchev–Trinajstić information content (AvgIpc) is 2.83. The molecular formula is C19H18N4O. The van der Waals surface area contributed by atoms with E-state index in [4.69, 9.17) is 5.73 Å². The molecule has 0 fully saturated rings. The first-order chi connectivity index (χ1) is 11.6. The fourth-order valence-electron chi connectivity index (χ4n) is 3.41. The van der Waals surface area contributed by atoms with Crippen LogP contribution in [0.4, 0.5) is 5.69 Å². The Kier molecular flexibility index (Phi) is 3.41. The first-order valence-corrected chi connectivity index (χ1v) is 8.02. The molecule has 1 aromatic rings. The first kappa shape index (κ1) is 14.6. The summed E-state index contributed by atoms with van der Waals surface area (Å²) in [5, 5.41) is 3.35. The molecule has 4 rings (SSSR count). The van der Waals surface area contributed by atoms with Gasteiger partial charge in [0.1, 0.15) is 0 Å². The number of anilines is 1. The van der Waals surface area contributed by atoms with Crippen molar-refractivity contribution in [1.82, 2.24) is 5.32 Å². The quantitative estimate of drug-likeness (QED) is 0.650. The van der Waals surface area contributed by atoms with E-state index >= 15 is 0 Å². The van der Waals surface area contributed by atoms with Gasteiger partial charge in [0.05, 0.1) is 11.9 Å². The highest BCUT2D eigenvalue weighted by atomic mass is 16.1. The second-order valence-electron chi connectivity index (χ2n) is 6.16. The highest BCUT2D eigenvalue weighted by Gasteiger charge is 2.32. The number of nitrogens with one attached hydrogen (secondary N) is 1. The number of allylic oxidation sites excluding steroid dienone is 4. The number of carbonyl (C=O) groups excluding carboxylic acids is 1. The molecule has 0 aromatic heterocycles. The summed E-state index contributed by atoms with van der Waals surface area (Å²) >= 11 is 0. The Labute approximate surface area is 140 Å². The van der Waals surface area contributed by atoms with Crippen LogP contribution in [0.3, 0.4) is 0 Å². The first-order valence-electron chi connectivity index (χ1n) is 8.02. The number of nitrogens with zero attached hydrogens (tertiary/aromatic N) is 2. The van der Waals surface area contributed by atoms with Gasteiger partial charge in [0, 0.05) is 40.5 Å². The normalized spacial score (nSPS) is 21.9. The third-order valence-corrected chi connectivity index (χ3v) is 4.55. The molecule has 1 aromatic carbocycles. The maximum absolute atomic E-state index is 13.0. The molecule has 3 N–H and O–H groups in total. The fraction of sp³-hybridized carbons (Fsp3) is 0.211. The van der Waals surface area contributed by atoms with Crippen molar-refractivity contribution < 1.29 is 4.79 Å². The molecule has 5 heteroatoms. The molecule has 2 heterocycles. The summed E-state index contributed by atoms with van der Waals surface area (Å²) in [4.78, 5) is 21.9. The van der Waals surface area contributed by atoms with Gasteiger partial charge in [-0.05, 0) is 55.7 Å². The van der Waals surface area contributed by atoms with E-state index in [0.717, 1.165) is 35.5 Å². The van der Waals surface area contributed by atoms with E-state index in [9.17, 15) is 4.79 Å². The number of Topliss-reactive ketones (excluding diaryl/α,β-unsaturated/α-hetero) is 1. The van der Waals surface area contributed by atoms with Gasteiger partial charge in [0.25, 0.3) is 0 Å². The predicted molar refractivity (Wildman–Crippen MR) is 96.1 cm³/mol. The lowest BCUT2D eigenvalue weighted by atomic mass is 9.84. The molecule has 0 amide bonds. The third kappa shape index (κ3) is 2.38. The summed E-state index contributed by atoms with van der Waals surface area (Å²) in [5.41, 5.74) is 10.8. The Hall–Kier alpha value is -2.95. The van der Waals surface area contributed by atoms with Crippen LogP contribution >= 0.6 is 0 Å². The maximum Gasteiger partial charge on any atom is 0.194 e. The van der Waals surface area contributed by atoms with E-state index < -0.39 is 0 Å². The van der Waals surface area contributed by atoms with Gasteiger partial charge in [-0.1, -0.05) is 0 Å². The van der Waals surface area contributed by atoms with Gasteiger partial charge in [0.15, 0.2) is 5.78 Å². The number of nitrogens with two attached hydrogens (primary N) is 1. The zero-order valence-corrected chi connectivity index (χ0v) is 13.4. The summed E-state index contributed by atoms with van der Waals surface area (Å²) < 4.78 is 0. The van der Waals surface area contributed by atoms with Gasteiger partial charge in [-0.15, -0.1) is 0 Å². The molecular weight excluding hydrogens is 300 g/mol. The topological polar surface area (TPSA) is 79.8 Å². The van der Waals surface area contributed by atoms with Crippen LogP contribution in [-0.4, -0.2) is 23.9 Å². The van der Waals surface area contributed by atoms with Crippen molar-refractivity contribution in [3.63, 3.8) is 0 Å². The number of amidine groups is 1. The lowest BCUT2D eigenvalue weighted by Crippen LogP contribution is -2.24. The molecule has 24 heavy (non-hydrogen) atoms. The molecule has 0 unspecified atom stereocenters. The van der Waals surface area contributed by atoms with Crippen LogP contribution in [0.2, 0.25) is 0 Å². The zero-order chi connectivity index (χ0) is 16.7. The Morgan fingerprint density at radius 3 is 2.88 bits per heavy atom. The van der Waals surface area contributed by atoms with Crippen LogP contribution in [0.1, 0.15) is 30.1 Å². The number of hydrogen-bond acceptors (Lipinski definition) is 5. The van der Waals surface area contributed by atoms with Crippen molar-refractivity contribution in [3.05, 3.63) is 64.5 Å². The van der Waals surface area contributed by atoms with E-state index in [1.807, 2.05) is 13.0 Å². The molecule has 120 valence electrons. The van der Waals surface area contributed by atoms with Crippen LogP contribution in [0, 0.1) is 0 Å². The van der Waals surface area contributed by atoms with E-state index in [0.29, 0.717) is 16.8 Å². The SMILES string of the molecule is CC1=N[C@@H]2CCC3=C(C(=O)c4ccc(N)cc4)C=NC=CC3=C2N1. The summed E-state index contributed by atoms with van der Waals surface area (Å²) in [6.07, 6.45) is 7.09. The third-order valence-electron chi connectivity index (χ3n) is 4.55. The molecule has 1 aliphatic carbocycles. The summed E-state index contributed by atoms with van der Waals surface area (Å²) in [6, 6.07) is 7.18. The minimum Gasteiger partial charge on any atom is -0.399 e. The highest BCUT2D eigenvalue weighted by Crippen LogP contribution is 2.36.